The van der Waals surface area contributed by atoms with Crippen LogP contribution in [-0.2, 0) is 32.5 Å². The molecule has 7 aromatic carbocycles. The number of ether oxygens (including phenoxy) is 1. The summed E-state index contributed by atoms with van der Waals surface area (Å²) in [6, 6.07) is 66.3. The zero-order valence-corrected chi connectivity index (χ0v) is 47.6. The molecule has 0 radical (unpaired) electrons. The van der Waals surface area contributed by atoms with Crippen molar-refractivity contribution in [2.75, 3.05) is 0 Å². The second kappa shape index (κ2) is 19.0. The van der Waals surface area contributed by atoms with Gasteiger partial charge in [0.25, 0.3) is 6.33 Å². The standard InChI is InChI=1S/C71H76N4O/c1-66(2,3)51-34-37-61-60(43-51)59-36-35-58(46-62(59)75(61)63-44-52(38-39-72-63)67(4,5)6)76-57-33-25-32-55(45-57)73-47-74(56-41-53(68(7,8)9)40-54(42-56)69(10,11)48-26-19-16-20-27-48)65(71(14,15)50-30-23-18-24-31-50)64(73)70(12,13)49-28-21-17-22-29-49/h16-46H,1-15H3. The van der Waals surface area contributed by atoms with Crippen molar-refractivity contribution in [3.05, 3.63) is 245 Å². The molecule has 0 fully saturated rings. The Bertz CT molecular complexity index is 3740. The topological polar surface area (TPSA) is 35.9 Å². The molecule has 5 heteroatoms. The summed E-state index contributed by atoms with van der Waals surface area (Å²) in [5.41, 5.74) is 13.8. The van der Waals surface area contributed by atoms with Crippen molar-refractivity contribution in [2.24, 2.45) is 0 Å². The van der Waals surface area contributed by atoms with Crippen LogP contribution >= 0.6 is 0 Å². The number of fused-ring (bicyclic) bond motifs is 3. The van der Waals surface area contributed by atoms with Gasteiger partial charge in [0, 0.05) is 39.3 Å². The fourth-order valence-corrected chi connectivity index (χ4v) is 11.1. The van der Waals surface area contributed by atoms with Gasteiger partial charge in [-0.25, -0.2) is 4.98 Å². The first-order chi connectivity index (χ1) is 35.8. The van der Waals surface area contributed by atoms with Gasteiger partial charge < -0.3 is 4.74 Å². The molecule has 76 heavy (non-hydrogen) atoms. The Hall–Kier alpha value is -7.50. The molecule has 0 aliphatic rings. The molecule has 5 nitrogen and oxygen atoms in total. The van der Waals surface area contributed by atoms with Gasteiger partial charge in [0.1, 0.15) is 17.3 Å². The van der Waals surface area contributed by atoms with E-state index in [1.807, 2.05) is 6.20 Å². The van der Waals surface area contributed by atoms with E-state index in [0.717, 1.165) is 56.5 Å². The molecule has 0 spiro atoms. The molecule has 0 unspecified atom stereocenters. The van der Waals surface area contributed by atoms with Crippen LogP contribution in [0.1, 0.15) is 154 Å². The van der Waals surface area contributed by atoms with Crippen LogP contribution in [-0.4, -0.2) is 14.1 Å². The number of pyridine rings is 1. The van der Waals surface area contributed by atoms with Crippen molar-refractivity contribution in [1.82, 2.24) is 14.1 Å². The normalized spacial score (nSPS) is 12.9. The van der Waals surface area contributed by atoms with Crippen LogP contribution < -0.4 is 9.30 Å². The molecule has 386 valence electrons. The number of nitrogens with zero attached hydrogens (tertiary/aromatic N) is 4. The maximum Gasteiger partial charge on any atom is 0.269 e. The van der Waals surface area contributed by atoms with Crippen molar-refractivity contribution in [3.63, 3.8) is 0 Å². The first-order valence-corrected chi connectivity index (χ1v) is 27.1. The Balaban J connectivity index is 1.19. The Morgan fingerprint density at radius 1 is 0.408 bits per heavy atom. The highest BCUT2D eigenvalue weighted by molar-refractivity contribution is 6.09. The van der Waals surface area contributed by atoms with E-state index in [-0.39, 0.29) is 21.7 Å². The van der Waals surface area contributed by atoms with E-state index in [1.165, 1.54) is 44.3 Å². The molecule has 0 aliphatic carbocycles. The second-order valence-electron chi connectivity index (χ2n) is 25.7. The molecule has 3 heterocycles. The van der Waals surface area contributed by atoms with Crippen molar-refractivity contribution in [1.29, 1.82) is 0 Å². The summed E-state index contributed by atoms with van der Waals surface area (Å²) in [5, 5.41) is 2.35. The van der Waals surface area contributed by atoms with E-state index in [2.05, 4.69) is 306 Å². The predicted molar refractivity (Wildman–Crippen MR) is 317 cm³/mol. The van der Waals surface area contributed by atoms with Crippen LogP contribution in [0.4, 0.5) is 0 Å². The highest BCUT2D eigenvalue weighted by Gasteiger charge is 2.40. The lowest BCUT2D eigenvalue weighted by atomic mass is 9.72. The number of hydrogen-bond donors (Lipinski definition) is 0. The smallest absolute Gasteiger partial charge is 0.269 e. The minimum absolute atomic E-state index is 0.00950. The molecule has 0 N–H and O–H groups in total. The van der Waals surface area contributed by atoms with Crippen molar-refractivity contribution < 1.29 is 9.30 Å². The Kier molecular flexibility index (Phi) is 13.0. The molecule has 0 aliphatic heterocycles. The molecule has 3 aromatic heterocycles. The molecule has 0 bridgehead atoms. The van der Waals surface area contributed by atoms with Gasteiger partial charge in [-0.3, -0.25) is 13.7 Å². The van der Waals surface area contributed by atoms with Gasteiger partial charge in [0.05, 0.1) is 33.8 Å². The highest BCUT2D eigenvalue weighted by atomic mass is 16.5. The average Bonchev–Trinajstić information content (AvgIpc) is 4.03. The third kappa shape index (κ3) is 9.59. The van der Waals surface area contributed by atoms with E-state index < -0.39 is 10.8 Å². The first-order valence-electron chi connectivity index (χ1n) is 27.1. The van der Waals surface area contributed by atoms with E-state index in [4.69, 9.17) is 9.72 Å². The number of rotatable bonds is 11. The maximum atomic E-state index is 7.04. The Morgan fingerprint density at radius 2 is 0.961 bits per heavy atom. The van der Waals surface area contributed by atoms with Crippen molar-refractivity contribution in [3.8, 4) is 28.7 Å². The van der Waals surface area contributed by atoms with Crippen LogP contribution in [0.3, 0.4) is 0 Å². The summed E-state index contributed by atoms with van der Waals surface area (Å²) in [4.78, 5) is 5.00. The fourth-order valence-electron chi connectivity index (χ4n) is 11.1. The second-order valence-corrected chi connectivity index (χ2v) is 25.7. The van der Waals surface area contributed by atoms with Crippen LogP contribution in [0.25, 0.3) is 39.0 Å². The van der Waals surface area contributed by atoms with Crippen molar-refractivity contribution >= 4 is 21.8 Å². The fraction of sp³-hybridized carbons (Fsp3) is 0.296. The van der Waals surface area contributed by atoms with Gasteiger partial charge in [0.15, 0.2) is 0 Å². The molecule has 0 atom stereocenters. The quantitative estimate of drug-likeness (QED) is 0.0956. The van der Waals surface area contributed by atoms with Gasteiger partial charge in [-0.15, -0.1) is 0 Å². The van der Waals surface area contributed by atoms with Gasteiger partial charge in [0.2, 0.25) is 0 Å². The third-order valence-electron chi connectivity index (χ3n) is 16.1. The molecule has 0 saturated carbocycles. The Labute approximate surface area is 452 Å². The SMILES string of the molecule is CC(C)(C)c1cc(-[n+]2[c-]n(-c3cccc(Oc4ccc5c6cc(C(C)(C)C)ccc6n(-c6cc(C(C)(C)C)ccn6)c5c4)c3)c(C(C)(C)c3ccccc3)c2C(C)(C)c2ccccc2)cc(C(C)(C)c2ccccc2)c1. The van der Waals surface area contributed by atoms with Crippen LogP contribution in [0, 0.1) is 6.33 Å². The number of hydrogen-bond acceptors (Lipinski definition) is 2. The lowest BCUT2D eigenvalue weighted by Gasteiger charge is -2.35. The van der Waals surface area contributed by atoms with Gasteiger partial charge in [-0.1, -0.05) is 213 Å². The summed E-state index contributed by atoms with van der Waals surface area (Å²) in [6.45, 7) is 34.7. The molecule has 0 amide bonds. The zero-order valence-electron chi connectivity index (χ0n) is 47.6. The first kappa shape index (κ1) is 52.0. The summed E-state index contributed by atoms with van der Waals surface area (Å²) in [5.74, 6) is 2.36. The largest absolute Gasteiger partial charge is 0.458 e. The Morgan fingerprint density at radius 3 is 1.57 bits per heavy atom. The lowest BCUT2D eigenvalue weighted by molar-refractivity contribution is -0.611. The van der Waals surface area contributed by atoms with E-state index >= 15 is 0 Å². The summed E-state index contributed by atoms with van der Waals surface area (Å²) >= 11 is 0. The lowest BCUT2D eigenvalue weighted by Crippen LogP contribution is -2.43. The van der Waals surface area contributed by atoms with Gasteiger partial charge in [-0.2, -0.15) is 0 Å². The molecule has 10 aromatic rings. The third-order valence-corrected chi connectivity index (χ3v) is 16.1. The highest BCUT2D eigenvalue weighted by Crippen LogP contribution is 2.44. The summed E-state index contributed by atoms with van der Waals surface area (Å²) in [6.07, 6.45) is 6.03. The predicted octanol–water partition coefficient (Wildman–Crippen LogP) is 17.7. The van der Waals surface area contributed by atoms with Crippen LogP contribution in [0.2, 0.25) is 0 Å². The summed E-state index contributed by atoms with van der Waals surface area (Å²) < 4.78 is 14.0. The van der Waals surface area contributed by atoms with Crippen LogP contribution in [0.5, 0.6) is 11.5 Å². The maximum absolute atomic E-state index is 7.04. The monoisotopic (exact) mass is 1000 g/mol. The van der Waals surface area contributed by atoms with Gasteiger partial charge in [-0.05, 0) is 122 Å². The molecule has 10 rings (SSSR count). The van der Waals surface area contributed by atoms with Gasteiger partial charge >= 0.3 is 0 Å². The number of benzene rings is 7. The van der Waals surface area contributed by atoms with E-state index in [1.54, 1.807) is 0 Å². The van der Waals surface area contributed by atoms with Crippen molar-refractivity contribution in [2.45, 2.75) is 136 Å². The molecule has 0 saturated heterocycles. The molecular weight excluding hydrogens is 925 g/mol. The summed E-state index contributed by atoms with van der Waals surface area (Å²) in [7, 11) is 0. The van der Waals surface area contributed by atoms with E-state index in [0.29, 0.717) is 0 Å². The zero-order chi connectivity index (χ0) is 54.2. The minimum Gasteiger partial charge on any atom is -0.458 e. The van der Waals surface area contributed by atoms with Crippen LogP contribution in [0.15, 0.2) is 188 Å². The number of aromatic nitrogens is 4. The molecular formula is C71H76N4O. The average molecular weight is 1000 g/mol. The number of imidazole rings is 1. The van der Waals surface area contributed by atoms with E-state index in [9.17, 15) is 0 Å². The minimum atomic E-state index is -0.501.